The number of aromatic nitrogens is 4. The maximum absolute atomic E-state index is 12.5. The Morgan fingerprint density at radius 2 is 1.95 bits per heavy atom. The number of imidazole rings is 1. The van der Waals surface area contributed by atoms with E-state index in [-0.39, 0.29) is 16.9 Å². The van der Waals surface area contributed by atoms with Crippen molar-refractivity contribution >= 4 is 21.5 Å². The molecule has 0 aliphatic heterocycles. The molecule has 2 aromatic rings. The second-order valence-electron chi connectivity index (χ2n) is 5.24. The molecule has 21 heavy (non-hydrogen) atoms. The Kier molecular flexibility index (Phi) is 3.70. The van der Waals surface area contributed by atoms with E-state index in [1.54, 1.807) is 18.7 Å². The van der Waals surface area contributed by atoms with Gasteiger partial charge < -0.3 is 10.3 Å². The third kappa shape index (κ3) is 2.60. The van der Waals surface area contributed by atoms with Crippen molar-refractivity contribution in [2.75, 3.05) is 10.5 Å². The van der Waals surface area contributed by atoms with Gasteiger partial charge in [0.25, 0.3) is 10.0 Å². The standard InChI is InChI=1S/C12H20N6O2S/c1-7(2)18-9(4)10(8(3)15-18)16-21(19,20)12-11(13)14-6-17(12)5/h6-7,16H,13H2,1-5H3. The normalized spacial score (nSPS) is 12.1. The number of hydrogen-bond acceptors (Lipinski definition) is 5. The maximum Gasteiger partial charge on any atom is 0.281 e. The lowest BCUT2D eigenvalue weighted by molar-refractivity contribution is 0.516. The Morgan fingerprint density at radius 3 is 2.38 bits per heavy atom. The van der Waals surface area contributed by atoms with E-state index in [0.29, 0.717) is 11.4 Å². The summed E-state index contributed by atoms with van der Waals surface area (Å²) in [4.78, 5) is 3.80. The van der Waals surface area contributed by atoms with Crippen LogP contribution in [0.15, 0.2) is 11.4 Å². The molecule has 3 N–H and O–H groups in total. The molecule has 0 aliphatic rings. The van der Waals surface area contributed by atoms with E-state index in [2.05, 4.69) is 14.8 Å². The fourth-order valence-corrected chi connectivity index (χ4v) is 3.68. The van der Waals surface area contributed by atoms with Crippen molar-refractivity contribution in [3.8, 4) is 0 Å². The molecule has 0 fully saturated rings. The van der Waals surface area contributed by atoms with Gasteiger partial charge in [-0.25, -0.2) is 4.98 Å². The highest BCUT2D eigenvalue weighted by atomic mass is 32.2. The van der Waals surface area contributed by atoms with Crippen molar-refractivity contribution in [1.82, 2.24) is 19.3 Å². The van der Waals surface area contributed by atoms with Crippen LogP contribution in [0.2, 0.25) is 0 Å². The van der Waals surface area contributed by atoms with Crippen LogP contribution in [-0.2, 0) is 17.1 Å². The SMILES string of the molecule is Cc1nn(C(C)C)c(C)c1NS(=O)(=O)c1c(N)ncn1C. The van der Waals surface area contributed by atoms with Gasteiger partial charge in [-0.05, 0) is 27.7 Å². The van der Waals surface area contributed by atoms with Crippen LogP contribution in [0.25, 0.3) is 0 Å². The summed E-state index contributed by atoms with van der Waals surface area (Å²) in [5, 5.41) is 4.30. The molecule has 2 rings (SSSR count). The van der Waals surface area contributed by atoms with Gasteiger partial charge in [-0.15, -0.1) is 0 Å². The Balaban J connectivity index is 2.48. The van der Waals surface area contributed by atoms with Crippen LogP contribution in [0.5, 0.6) is 0 Å². The van der Waals surface area contributed by atoms with Crippen molar-refractivity contribution < 1.29 is 8.42 Å². The average molecular weight is 312 g/mol. The third-order valence-electron chi connectivity index (χ3n) is 3.21. The molecule has 0 aliphatic carbocycles. The highest BCUT2D eigenvalue weighted by Gasteiger charge is 2.25. The van der Waals surface area contributed by atoms with Gasteiger partial charge in [0.2, 0.25) is 0 Å². The van der Waals surface area contributed by atoms with E-state index in [1.807, 2.05) is 20.8 Å². The number of nitrogens with one attached hydrogen (secondary N) is 1. The van der Waals surface area contributed by atoms with Crippen LogP contribution in [0.1, 0.15) is 31.3 Å². The Morgan fingerprint density at radius 1 is 1.33 bits per heavy atom. The zero-order valence-electron chi connectivity index (χ0n) is 12.7. The predicted octanol–water partition coefficient (Wildman–Crippen LogP) is 1.20. The summed E-state index contributed by atoms with van der Waals surface area (Å²) in [7, 11) is -2.24. The molecule has 0 aromatic carbocycles. The summed E-state index contributed by atoms with van der Waals surface area (Å²) in [6.07, 6.45) is 1.36. The average Bonchev–Trinajstić information content (AvgIpc) is 2.83. The zero-order chi connectivity index (χ0) is 15.9. The molecule has 9 heteroatoms. The van der Waals surface area contributed by atoms with E-state index in [1.165, 1.54) is 10.9 Å². The fraction of sp³-hybridized carbons (Fsp3) is 0.500. The molecular weight excluding hydrogens is 292 g/mol. The second kappa shape index (κ2) is 5.06. The van der Waals surface area contributed by atoms with Crippen molar-refractivity contribution in [2.45, 2.75) is 38.8 Å². The minimum Gasteiger partial charge on any atom is -0.381 e. The van der Waals surface area contributed by atoms with Crippen LogP contribution in [0.3, 0.4) is 0 Å². The molecular formula is C12H20N6O2S. The zero-order valence-corrected chi connectivity index (χ0v) is 13.6. The summed E-state index contributed by atoms with van der Waals surface area (Å²) in [6, 6.07) is 0.142. The first-order valence-electron chi connectivity index (χ1n) is 6.50. The minimum absolute atomic E-state index is 0.0310. The summed E-state index contributed by atoms with van der Waals surface area (Å²) >= 11 is 0. The first-order valence-corrected chi connectivity index (χ1v) is 7.98. The van der Waals surface area contributed by atoms with Crippen LogP contribution < -0.4 is 10.5 Å². The van der Waals surface area contributed by atoms with Crippen LogP contribution in [0, 0.1) is 13.8 Å². The van der Waals surface area contributed by atoms with E-state index in [9.17, 15) is 8.42 Å². The van der Waals surface area contributed by atoms with E-state index in [4.69, 9.17) is 5.73 Å². The number of rotatable bonds is 4. The molecule has 0 radical (unpaired) electrons. The molecule has 0 saturated carbocycles. The summed E-state index contributed by atoms with van der Waals surface area (Å²) in [5.74, 6) is -0.0310. The topological polar surface area (TPSA) is 108 Å². The summed E-state index contributed by atoms with van der Waals surface area (Å²) in [6.45, 7) is 7.55. The molecule has 0 amide bonds. The highest BCUT2D eigenvalue weighted by molar-refractivity contribution is 7.92. The number of nitrogen functional groups attached to an aromatic ring is 1. The summed E-state index contributed by atoms with van der Waals surface area (Å²) in [5.41, 5.74) is 7.49. The smallest absolute Gasteiger partial charge is 0.281 e. The number of nitrogens with two attached hydrogens (primary N) is 1. The molecule has 8 nitrogen and oxygen atoms in total. The first kappa shape index (κ1) is 15.4. The van der Waals surface area contributed by atoms with Gasteiger partial charge in [0, 0.05) is 13.1 Å². The van der Waals surface area contributed by atoms with Crippen molar-refractivity contribution in [3.63, 3.8) is 0 Å². The molecule has 0 atom stereocenters. The molecule has 2 heterocycles. The van der Waals surface area contributed by atoms with Crippen molar-refractivity contribution in [3.05, 3.63) is 17.7 Å². The quantitative estimate of drug-likeness (QED) is 0.882. The van der Waals surface area contributed by atoms with Gasteiger partial charge in [-0.1, -0.05) is 0 Å². The predicted molar refractivity (Wildman–Crippen MR) is 80.5 cm³/mol. The van der Waals surface area contributed by atoms with Gasteiger partial charge in [0.1, 0.15) is 0 Å². The molecule has 116 valence electrons. The van der Waals surface area contributed by atoms with Gasteiger partial charge in [-0.2, -0.15) is 13.5 Å². The molecule has 2 aromatic heterocycles. The monoisotopic (exact) mass is 312 g/mol. The fourth-order valence-electron chi connectivity index (χ4n) is 2.26. The van der Waals surface area contributed by atoms with Gasteiger partial charge in [0.15, 0.2) is 10.8 Å². The lowest BCUT2D eigenvalue weighted by Crippen LogP contribution is -2.18. The van der Waals surface area contributed by atoms with Gasteiger partial charge in [-0.3, -0.25) is 9.40 Å². The molecule has 0 bridgehead atoms. The number of aryl methyl sites for hydroxylation is 2. The third-order valence-corrected chi connectivity index (χ3v) is 4.69. The first-order chi connectivity index (χ1) is 9.65. The highest BCUT2D eigenvalue weighted by Crippen LogP contribution is 2.26. The van der Waals surface area contributed by atoms with Crippen LogP contribution in [-0.4, -0.2) is 27.7 Å². The molecule has 0 spiro atoms. The molecule has 0 saturated heterocycles. The van der Waals surface area contributed by atoms with Crippen molar-refractivity contribution in [1.29, 1.82) is 0 Å². The second-order valence-corrected chi connectivity index (χ2v) is 6.83. The Hall–Kier alpha value is -2.03. The number of sulfonamides is 1. The Bertz CT molecular complexity index is 753. The maximum atomic E-state index is 12.5. The van der Waals surface area contributed by atoms with Gasteiger partial charge in [0.05, 0.1) is 23.4 Å². The van der Waals surface area contributed by atoms with E-state index in [0.717, 1.165) is 5.69 Å². The number of anilines is 2. The number of nitrogens with zero attached hydrogens (tertiary/aromatic N) is 4. The molecule has 0 unspecified atom stereocenters. The van der Waals surface area contributed by atoms with Crippen LogP contribution >= 0.6 is 0 Å². The lowest BCUT2D eigenvalue weighted by Gasteiger charge is -2.11. The summed E-state index contributed by atoms with van der Waals surface area (Å²) < 4.78 is 30.7. The minimum atomic E-state index is -3.82. The largest absolute Gasteiger partial charge is 0.381 e. The van der Waals surface area contributed by atoms with E-state index >= 15 is 0 Å². The number of hydrogen-bond donors (Lipinski definition) is 2. The van der Waals surface area contributed by atoms with Gasteiger partial charge >= 0.3 is 0 Å². The lowest BCUT2D eigenvalue weighted by atomic mass is 10.3. The van der Waals surface area contributed by atoms with E-state index < -0.39 is 10.0 Å². The Labute approximate surface area is 124 Å². The van der Waals surface area contributed by atoms with Crippen LogP contribution in [0.4, 0.5) is 11.5 Å². The van der Waals surface area contributed by atoms with Crippen molar-refractivity contribution in [2.24, 2.45) is 7.05 Å².